The van der Waals surface area contributed by atoms with Crippen molar-refractivity contribution in [2.45, 2.75) is 43.3 Å². The van der Waals surface area contributed by atoms with E-state index in [9.17, 15) is 4.79 Å². The summed E-state index contributed by atoms with van der Waals surface area (Å²) in [5, 5.41) is 5.77. The molecule has 8 heteroatoms. The third-order valence-electron chi connectivity index (χ3n) is 4.32. The molecule has 4 rings (SSSR count). The van der Waals surface area contributed by atoms with Gasteiger partial charge in [0, 0.05) is 23.4 Å². The number of hydrogen-bond acceptors (Lipinski definition) is 6. The Morgan fingerprint density at radius 3 is 3.00 bits per heavy atom. The lowest BCUT2D eigenvalue weighted by molar-refractivity contribution is 0.0937. The lowest BCUT2D eigenvalue weighted by atomic mass is 10.2. The SMILES string of the molecule is Cc1cc(CSc2nc3cc(Cl)ccc3c(=O)n2C[C@H]2CCCO2)no1. The Balaban J connectivity index is 1.72. The average Bonchev–Trinajstić information content (AvgIpc) is 3.27. The van der Waals surface area contributed by atoms with Crippen LogP contribution in [-0.2, 0) is 17.0 Å². The second-order valence-corrected chi connectivity index (χ2v) is 7.70. The van der Waals surface area contributed by atoms with Crippen LogP contribution in [0.5, 0.6) is 0 Å². The summed E-state index contributed by atoms with van der Waals surface area (Å²) < 4.78 is 12.5. The molecule has 1 aromatic carbocycles. The van der Waals surface area contributed by atoms with Crippen molar-refractivity contribution in [1.82, 2.24) is 14.7 Å². The van der Waals surface area contributed by atoms with E-state index in [1.807, 2.05) is 13.0 Å². The van der Waals surface area contributed by atoms with E-state index < -0.39 is 0 Å². The summed E-state index contributed by atoms with van der Waals surface area (Å²) in [5.41, 5.74) is 1.35. The van der Waals surface area contributed by atoms with Crippen molar-refractivity contribution in [3.8, 4) is 0 Å². The van der Waals surface area contributed by atoms with Crippen LogP contribution in [0.1, 0.15) is 24.3 Å². The molecule has 0 unspecified atom stereocenters. The maximum atomic E-state index is 13.0. The molecule has 0 bridgehead atoms. The van der Waals surface area contributed by atoms with Gasteiger partial charge in [-0.3, -0.25) is 9.36 Å². The minimum atomic E-state index is -0.0685. The highest BCUT2D eigenvalue weighted by molar-refractivity contribution is 7.98. The van der Waals surface area contributed by atoms with E-state index in [1.54, 1.807) is 22.8 Å². The molecule has 1 aliphatic rings. The fourth-order valence-electron chi connectivity index (χ4n) is 3.06. The number of hydrogen-bond donors (Lipinski definition) is 0. The first-order valence-corrected chi connectivity index (χ1v) is 9.83. The monoisotopic (exact) mass is 391 g/mol. The third kappa shape index (κ3) is 3.65. The molecule has 6 nitrogen and oxygen atoms in total. The first-order chi connectivity index (χ1) is 12.6. The van der Waals surface area contributed by atoms with E-state index in [2.05, 4.69) is 10.1 Å². The van der Waals surface area contributed by atoms with Crippen LogP contribution >= 0.6 is 23.4 Å². The van der Waals surface area contributed by atoms with E-state index in [0.717, 1.165) is 30.9 Å². The minimum Gasteiger partial charge on any atom is -0.376 e. The maximum absolute atomic E-state index is 13.0. The number of aryl methyl sites for hydroxylation is 1. The van der Waals surface area contributed by atoms with Gasteiger partial charge < -0.3 is 9.26 Å². The van der Waals surface area contributed by atoms with Crippen molar-refractivity contribution >= 4 is 34.3 Å². The molecule has 1 fully saturated rings. The number of aromatic nitrogens is 3. The lowest BCUT2D eigenvalue weighted by Crippen LogP contribution is -2.28. The summed E-state index contributed by atoms with van der Waals surface area (Å²) in [6, 6.07) is 7.05. The zero-order valence-corrected chi connectivity index (χ0v) is 15.8. The quantitative estimate of drug-likeness (QED) is 0.486. The van der Waals surface area contributed by atoms with Gasteiger partial charge in [-0.2, -0.15) is 0 Å². The smallest absolute Gasteiger partial charge is 0.262 e. The fraction of sp³-hybridized carbons (Fsp3) is 0.389. The van der Waals surface area contributed by atoms with Crippen molar-refractivity contribution in [3.05, 3.63) is 51.1 Å². The molecule has 0 N–H and O–H groups in total. The number of halogens is 1. The van der Waals surface area contributed by atoms with E-state index in [-0.39, 0.29) is 11.7 Å². The first kappa shape index (κ1) is 17.6. The molecule has 1 atom stereocenters. The number of rotatable bonds is 5. The fourth-order valence-corrected chi connectivity index (χ4v) is 4.12. The standard InChI is InChI=1S/C18H18ClN3O3S/c1-11-7-13(21-25-11)10-26-18-20-16-8-12(19)4-5-15(16)17(23)22(18)9-14-3-2-6-24-14/h4-5,7-8,14H,2-3,6,9-10H2,1H3/t14-/m1/s1. The van der Waals surface area contributed by atoms with E-state index in [4.69, 9.17) is 20.9 Å². The van der Waals surface area contributed by atoms with Crippen LogP contribution in [0, 0.1) is 6.92 Å². The average molecular weight is 392 g/mol. The van der Waals surface area contributed by atoms with Crippen molar-refractivity contribution in [1.29, 1.82) is 0 Å². The van der Waals surface area contributed by atoms with Crippen molar-refractivity contribution in [2.24, 2.45) is 0 Å². The molecule has 26 heavy (non-hydrogen) atoms. The van der Waals surface area contributed by atoms with E-state index in [1.165, 1.54) is 11.8 Å². The van der Waals surface area contributed by atoms with Gasteiger partial charge in [0.25, 0.3) is 5.56 Å². The van der Waals surface area contributed by atoms with Crippen LogP contribution in [0.2, 0.25) is 5.02 Å². The summed E-state index contributed by atoms with van der Waals surface area (Å²) in [4.78, 5) is 17.7. The molecule has 3 aromatic rings. The molecule has 2 aromatic heterocycles. The van der Waals surface area contributed by atoms with E-state index >= 15 is 0 Å². The Labute approximate surface area is 159 Å². The highest BCUT2D eigenvalue weighted by Crippen LogP contribution is 2.25. The van der Waals surface area contributed by atoms with Crippen LogP contribution in [-0.4, -0.2) is 27.4 Å². The van der Waals surface area contributed by atoms with Crippen molar-refractivity contribution < 1.29 is 9.26 Å². The molecule has 136 valence electrons. The lowest BCUT2D eigenvalue weighted by Gasteiger charge is -2.16. The Bertz CT molecular complexity index is 995. The van der Waals surface area contributed by atoms with Gasteiger partial charge in [-0.25, -0.2) is 4.98 Å². The second kappa shape index (κ2) is 7.42. The van der Waals surface area contributed by atoms with Crippen molar-refractivity contribution in [2.75, 3.05) is 6.61 Å². The molecule has 0 spiro atoms. The topological polar surface area (TPSA) is 70.2 Å². The number of nitrogens with zero attached hydrogens (tertiary/aromatic N) is 3. The summed E-state index contributed by atoms with van der Waals surface area (Å²) >= 11 is 7.54. The highest BCUT2D eigenvalue weighted by Gasteiger charge is 2.20. The van der Waals surface area contributed by atoms with Crippen LogP contribution in [0.4, 0.5) is 0 Å². The zero-order chi connectivity index (χ0) is 18.1. The number of thioether (sulfide) groups is 1. The van der Waals surface area contributed by atoms with E-state index in [0.29, 0.717) is 33.4 Å². The second-order valence-electron chi connectivity index (χ2n) is 6.32. The van der Waals surface area contributed by atoms with Gasteiger partial charge in [-0.1, -0.05) is 28.5 Å². The molecule has 0 saturated carbocycles. The number of benzene rings is 1. The Kier molecular flexibility index (Phi) is 5.02. The predicted octanol–water partition coefficient (Wildman–Crippen LogP) is 3.82. The molecule has 3 heterocycles. The Morgan fingerprint density at radius 1 is 1.38 bits per heavy atom. The van der Waals surface area contributed by atoms with Gasteiger partial charge in [0.2, 0.25) is 0 Å². The Morgan fingerprint density at radius 2 is 2.27 bits per heavy atom. The zero-order valence-electron chi connectivity index (χ0n) is 14.3. The van der Waals surface area contributed by atoms with Crippen LogP contribution in [0.3, 0.4) is 0 Å². The molecular formula is C18H18ClN3O3S. The maximum Gasteiger partial charge on any atom is 0.262 e. The minimum absolute atomic E-state index is 0.0490. The van der Waals surface area contributed by atoms with Gasteiger partial charge in [0.05, 0.1) is 29.2 Å². The largest absolute Gasteiger partial charge is 0.376 e. The summed E-state index contributed by atoms with van der Waals surface area (Å²) in [7, 11) is 0. The summed E-state index contributed by atoms with van der Waals surface area (Å²) in [6.45, 7) is 3.10. The first-order valence-electron chi connectivity index (χ1n) is 8.47. The summed E-state index contributed by atoms with van der Waals surface area (Å²) in [6.07, 6.45) is 2.03. The normalized spacial score (nSPS) is 17.2. The Hall–Kier alpha value is -1.83. The molecule has 0 radical (unpaired) electrons. The van der Waals surface area contributed by atoms with Crippen LogP contribution in [0.25, 0.3) is 10.9 Å². The molecule has 0 amide bonds. The van der Waals surface area contributed by atoms with Gasteiger partial charge in [0.1, 0.15) is 5.76 Å². The molecule has 1 aliphatic heterocycles. The van der Waals surface area contributed by atoms with Crippen LogP contribution < -0.4 is 5.56 Å². The number of ether oxygens (including phenoxy) is 1. The third-order valence-corrected chi connectivity index (χ3v) is 5.56. The van der Waals surface area contributed by atoms with Gasteiger partial charge in [-0.15, -0.1) is 0 Å². The van der Waals surface area contributed by atoms with Crippen molar-refractivity contribution in [3.63, 3.8) is 0 Å². The highest BCUT2D eigenvalue weighted by atomic mass is 35.5. The van der Waals surface area contributed by atoms with Crippen LogP contribution in [0.15, 0.2) is 38.7 Å². The molecule has 0 aliphatic carbocycles. The van der Waals surface area contributed by atoms with Gasteiger partial charge >= 0.3 is 0 Å². The van der Waals surface area contributed by atoms with Gasteiger partial charge in [0.15, 0.2) is 5.16 Å². The van der Waals surface area contributed by atoms with Gasteiger partial charge in [-0.05, 0) is 38.0 Å². The predicted molar refractivity (Wildman–Crippen MR) is 101 cm³/mol. The number of fused-ring (bicyclic) bond motifs is 1. The molecule has 1 saturated heterocycles. The molecular weight excluding hydrogens is 374 g/mol. The summed E-state index contributed by atoms with van der Waals surface area (Å²) in [5.74, 6) is 1.33.